The summed E-state index contributed by atoms with van der Waals surface area (Å²) in [5.41, 5.74) is 7.37. The average Bonchev–Trinajstić information content (AvgIpc) is 2.50. The molecular weight excluding hydrogens is 324 g/mol. The van der Waals surface area contributed by atoms with Crippen LogP contribution in [-0.2, 0) is 10.3 Å². The SMILES string of the molecule is C=C(C)c1cccc(C(C)(C)N(C(N)=O)C(CCSC)C(=O)O)c1. The Morgan fingerprint density at radius 1 is 1.42 bits per heavy atom. The second kappa shape index (κ2) is 8.24. The number of carboxylic acids is 1. The molecule has 2 amide bonds. The van der Waals surface area contributed by atoms with E-state index in [-0.39, 0.29) is 0 Å². The number of urea groups is 1. The zero-order valence-corrected chi connectivity index (χ0v) is 15.5. The Morgan fingerprint density at radius 2 is 2.04 bits per heavy atom. The normalized spacial score (nSPS) is 12.5. The van der Waals surface area contributed by atoms with Gasteiger partial charge in [-0.15, -0.1) is 0 Å². The van der Waals surface area contributed by atoms with Crippen molar-refractivity contribution in [1.82, 2.24) is 4.90 Å². The summed E-state index contributed by atoms with van der Waals surface area (Å²) in [6.45, 7) is 9.45. The molecule has 0 saturated heterocycles. The van der Waals surface area contributed by atoms with Crippen molar-refractivity contribution in [2.75, 3.05) is 12.0 Å². The van der Waals surface area contributed by atoms with Gasteiger partial charge in [0.05, 0.1) is 5.54 Å². The third kappa shape index (κ3) is 4.54. The molecule has 0 spiro atoms. The van der Waals surface area contributed by atoms with Crippen LogP contribution >= 0.6 is 11.8 Å². The van der Waals surface area contributed by atoms with Crippen LogP contribution in [0.1, 0.15) is 38.3 Å². The summed E-state index contributed by atoms with van der Waals surface area (Å²) in [4.78, 5) is 25.1. The van der Waals surface area contributed by atoms with E-state index in [2.05, 4.69) is 6.58 Å². The van der Waals surface area contributed by atoms with Crippen molar-refractivity contribution in [1.29, 1.82) is 0 Å². The van der Waals surface area contributed by atoms with Crippen LogP contribution in [0.4, 0.5) is 4.79 Å². The van der Waals surface area contributed by atoms with Gasteiger partial charge in [0.1, 0.15) is 6.04 Å². The topological polar surface area (TPSA) is 83.6 Å². The smallest absolute Gasteiger partial charge is 0.326 e. The van der Waals surface area contributed by atoms with E-state index in [0.717, 1.165) is 16.7 Å². The van der Waals surface area contributed by atoms with Gasteiger partial charge in [-0.1, -0.05) is 30.4 Å². The van der Waals surface area contributed by atoms with Crippen LogP contribution < -0.4 is 5.73 Å². The highest BCUT2D eigenvalue weighted by Crippen LogP contribution is 2.32. The van der Waals surface area contributed by atoms with E-state index < -0.39 is 23.6 Å². The maximum absolute atomic E-state index is 12.1. The molecule has 0 fully saturated rings. The van der Waals surface area contributed by atoms with Crippen LogP contribution in [0, 0.1) is 0 Å². The van der Waals surface area contributed by atoms with E-state index in [1.54, 1.807) is 0 Å². The van der Waals surface area contributed by atoms with Crippen LogP contribution in [-0.4, -0.2) is 40.1 Å². The Bertz CT molecular complexity index is 628. The van der Waals surface area contributed by atoms with Gasteiger partial charge in [0.25, 0.3) is 0 Å². The first-order valence-corrected chi connectivity index (χ1v) is 9.09. The molecule has 0 aromatic heterocycles. The molecule has 6 heteroatoms. The highest BCUT2D eigenvalue weighted by molar-refractivity contribution is 7.98. The fraction of sp³-hybridized carbons (Fsp3) is 0.444. The zero-order valence-electron chi connectivity index (χ0n) is 14.7. The molecule has 0 bridgehead atoms. The fourth-order valence-electron chi connectivity index (χ4n) is 2.72. The number of hydrogen-bond acceptors (Lipinski definition) is 3. The Labute approximate surface area is 147 Å². The van der Waals surface area contributed by atoms with Crippen LogP contribution in [0.15, 0.2) is 30.8 Å². The molecule has 0 radical (unpaired) electrons. The minimum atomic E-state index is -1.05. The number of primary amides is 1. The number of rotatable bonds is 8. The van der Waals surface area contributed by atoms with Gasteiger partial charge in [-0.2, -0.15) is 11.8 Å². The van der Waals surface area contributed by atoms with Crippen molar-refractivity contribution in [3.05, 3.63) is 42.0 Å². The zero-order chi connectivity index (χ0) is 18.5. The molecule has 0 saturated carbocycles. The van der Waals surface area contributed by atoms with Gasteiger partial charge in [0.15, 0.2) is 0 Å². The standard InChI is InChI=1S/C18H26N2O3S/c1-12(2)13-7-6-8-14(11-13)18(3,4)20(17(19)23)15(16(21)22)9-10-24-5/h6-8,11,15H,1,9-10H2,2-5H3,(H2,19,23)(H,21,22). The molecule has 0 aliphatic carbocycles. The number of nitrogens with two attached hydrogens (primary N) is 1. The van der Waals surface area contributed by atoms with Gasteiger partial charge in [-0.05, 0) is 56.4 Å². The van der Waals surface area contributed by atoms with Gasteiger partial charge >= 0.3 is 12.0 Å². The molecular formula is C18H26N2O3S. The number of amides is 2. The Balaban J connectivity index is 3.35. The highest BCUT2D eigenvalue weighted by Gasteiger charge is 2.40. The molecule has 0 heterocycles. The number of nitrogens with zero attached hydrogens (tertiary/aromatic N) is 1. The lowest BCUT2D eigenvalue weighted by molar-refractivity contribution is -0.144. The minimum Gasteiger partial charge on any atom is -0.480 e. The van der Waals surface area contributed by atoms with Crippen LogP contribution in [0.25, 0.3) is 5.57 Å². The third-order valence-electron chi connectivity index (χ3n) is 4.09. The summed E-state index contributed by atoms with van der Waals surface area (Å²) < 4.78 is 0. The van der Waals surface area contributed by atoms with Gasteiger partial charge in [-0.3, -0.25) is 0 Å². The molecule has 0 aliphatic heterocycles. The predicted octanol–water partition coefficient (Wildman–Crippen LogP) is 3.54. The second-order valence-corrected chi connectivity index (χ2v) is 7.25. The van der Waals surface area contributed by atoms with Crippen molar-refractivity contribution >= 4 is 29.3 Å². The molecule has 1 rings (SSSR count). The first kappa shape index (κ1) is 20.1. The highest BCUT2D eigenvalue weighted by atomic mass is 32.2. The van der Waals surface area contributed by atoms with Crippen LogP contribution in [0.2, 0.25) is 0 Å². The first-order chi connectivity index (χ1) is 11.1. The molecule has 1 aromatic carbocycles. The molecule has 1 atom stereocenters. The monoisotopic (exact) mass is 350 g/mol. The summed E-state index contributed by atoms with van der Waals surface area (Å²) in [5.74, 6) is -0.421. The van der Waals surface area contributed by atoms with Gasteiger partial charge < -0.3 is 15.7 Å². The van der Waals surface area contributed by atoms with Crippen molar-refractivity contribution < 1.29 is 14.7 Å². The molecule has 1 aromatic rings. The van der Waals surface area contributed by atoms with E-state index in [1.165, 1.54) is 16.7 Å². The predicted molar refractivity (Wildman–Crippen MR) is 100 cm³/mol. The van der Waals surface area contributed by atoms with Gasteiger partial charge in [-0.25, -0.2) is 9.59 Å². The first-order valence-electron chi connectivity index (χ1n) is 7.69. The van der Waals surface area contributed by atoms with Crippen LogP contribution in [0.5, 0.6) is 0 Å². The number of carboxylic acid groups (broad SMARTS) is 1. The Kier molecular flexibility index (Phi) is 6.90. The van der Waals surface area contributed by atoms with Crippen molar-refractivity contribution in [3.63, 3.8) is 0 Å². The van der Waals surface area contributed by atoms with E-state index >= 15 is 0 Å². The summed E-state index contributed by atoms with van der Waals surface area (Å²) in [6.07, 6.45) is 2.23. The van der Waals surface area contributed by atoms with Crippen molar-refractivity contribution in [2.45, 2.75) is 38.8 Å². The van der Waals surface area contributed by atoms with Gasteiger partial charge in [0.2, 0.25) is 0 Å². The lowest BCUT2D eigenvalue weighted by Crippen LogP contribution is -2.56. The summed E-state index contributed by atoms with van der Waals surface area (Å²) in [5, 5.41) is 9.60. The number of aliphatic carboxylic acids is 1. The summed E-state index contributed by atoms with van der Waals surface area (Å²) >= 11 is 1.54. The quantitative estimate of drug-likeness (QED) is 0.751. The van der Waals surface area contributed by atoms with E-state index in [4.69, 9.17) is 5.73 Å². The molecule has 3 N–H and O–H groups in total. The number of carbonyl (C=O) groups excluding carboxylic acids is 1. The molecule has 5 nitrogen and oxygen atoms in total. The lowest BCUT2D eigenvalue weighted by atomic mass is 9.88. The van der Waals surface area contributed by atoms with Crippen molar-refractivity contribution in [2.24, 2.45) is 5.73 Å². The van der Waals surface area contributed by atoms with E-state index in [9.17, 15) is 14.7 Å². The van der Waals surface area contributed by atoms with Gasteiger partial charge in [0, 0.05) is 0 Å². The third-order valence-corrected chi connectivity index (χ3v) is 4.74. The Hall–Kier alpha value is -1.95. The van der Waals surface area contributed by atoms with Crippen molar-refractivity contribution in [3.8, 4) is 0 Å². The maximum atomic E-state index is 12.1. The second-order valence-electron chi connectivity index (χ2n) is 6.26. The Morgan fingerprint density at radius 3 is 2.50 bits per heavy atom. The number of thioether (sulfide) groups is 1. The van der Waals surface area contributed by atoms with Crippen LogP contribution in [0.3, 0.4) is 0 Å². The van der Waals surface area contributed by atoms with E-state index in [0.29, 0.717) is 12.2 Å². The fourth-order valence-corrected chi connectivity index (χ4v) is 3.17. The molecule has 132 valence electrons. The lowest BCUT2D eigenvalue weighted by Gasteiger charge is -2.41. The summed E-state index contributed by atoms with van der Waals surface area (Å²) in [6, 6.07) is 5.88. The molecule has 0 aliphatic rings. The maximum Gasteiger partial charge on any atom is 0.326 e. The molecule has 1 unspecified atom stereocenters. The molecule has 24 heavy (non-hydrogen) atoms. The minimum absolute atomic E-state index is 0.336. The van der Waals surface area contributed by atoms with E-state index in [1.807, 2.05) is 51.3 Å². The number of benzene rings is 1. The number of hydrogen-bond donors (Lipinski definition) is 2. The number of carbonyl (C=O) groups is 2. The summed E-state index contributed by atoms with van der Waals surface area (Å²) in [7, 11) is 0. The number of allylic oxidation sites excluding steroid dienone is 1. The average molecular weight is 350 g/mol. The largest absolute Gasteiger partial charge is 0.480 e.